The van der Waals surface area contributed by atoms with Crippen LogP contribution in [0.25, 0.3) is 0 Å². The Morgan fingerprint density at radius 1 is 1.33 bits per heavy atom. The number of hydrogen-bond acceptors (Lipinski definition) is 3. The van der Waals surface area contributed by atoms with Crippen LogP contribution in [0.5, 0.6) is 0 Å². The molecule has 0 fully saturated rings. The molecule has 0 saturated carbocycles. The van der Waals surface area contributed by atoms with E-state index in [1.54, 1.807) is 11.3 Å². The van der Waals surface area contributed by atoms with Crippen molar-refractivity contribution in [3.05, 3.63) is 50.9 Å². The SMILES string of the molecule is CCC(c1nc(CCl)cs1)N(C)C(C)c1ccccc1Cl. The second kappa shape index (κ2) is 7.59. The van der Waals surface area contributed by atoms with Gasteiger partial charge in [-0.2, -0.15) is 0 Å². The maximum absolute atomic E-state index is 6.33. The summed E-state index contributed by atoms with van der Waals surface area (Å²) in [5.74, 6) is 0.469. The van der Waals surface area contributed by atoms with Crippen molar-refractivity contribution in [2.24, 2.45) is 0 Å². The number of rotatable bonds is 6. The van der Waals surface area contributed by atoms with Gasteiger partial charge in [0.25, 0.3) is 0 Å². The van der Waals surface area contributed by atoms with E-state index in [1.807, 2.05) is 23.6 Å². The van der Waals surface area contributed by atoms with E-state index >= 15 is 0 Å². The van der Waals surface area contributed by atoms with Crippen LogP contribution in [0.3, 0.4) is 0 Å². The molecule has 0 N–H and O–H groups in total. The third kappa shape index (κ3) is 3.78. The van der Waals surface area contributed by atoms with Crippen molar-refractivity contribution in [3.63, 3.8) is 0 Å². The van der Waals surface area contributed by atoms with Crippen LogP contribution in [0.1, 0.15) is 48.6 Å². The lowest BCUT2D eigenvalue weighted by molar-refractivity contribution is 0.180. The molecule has 0 bridgehead atoms. The lowest BCUT2D eigenvalue weighted by Crippen LogP contribution is -2.27. The van der Waals surface area contributed by atoms with E-state index in [4.69, 9.17) is 23.2 Å². The zero-order valence-corrected chi connectivity index (χ0v) is 14.8. The number of hydrogen-bond donors (Lipinski definition) is 0. The normalized spacial score (nSPS) is 14.4. The Morgan fingerprint density at radius 3 is 2.62 bits per heavy atom. The quantitative estimate of drug-likeness (QED) is 0.627. The Labute approximate surface area is 140 Å². The van der Waals surface area contributed by atoms with Crippen LogP contribution < -0.4 is 0 Å². The van der Waals surface area contributed by atoms with Gasteiger partial charge in [0.05, 0.1) is 17.6 Å². The Balaban J connectivity index is 2.23. The number of aromatic nitrogens is 1. The molecule has 2 atom stereocenters. The second-order valence-electron chi connectivity index (χ2n) is 5.10. The van der Waals surface area contributed by atoms with Gasteiger partial charge in [0.1, 0.15) is 5.01 Å². The topological polar surface area (TPSA) is 16.1 Å². The van der Waals surface area contributed by atoms with Crippen LogP contribution in [0, 0.1) is 0 Å². The fourth-order valence-corrected chi connectivity index (χ4v) is 4.05. The highest BCUT2D eigenvalue weighted by molar-refractivity contribution is 7.09. The third-order valence-electron chi connectivity index (χ3n) is 3.84. The maximum atomic E-state index is 6.33. The van der Waals surface area contributed by atoms with Crippen LogP contribution >= 0.6 is 34.5 Å². The van der Waals surface area contributed by atoms with Gasteiger partial charge in [-0.3, -0.25) is 4.90 Å². The van der Waals surface area contributed by atoms with Gasteiger partial charge in [-0.05, 0) is 32.0 Å². The number of nitrogens with zero attached hydrogens (tertiary/aromatic N) is 2. The summed E-state index contributed by atoms with van der Waals surface area (Å²) in [6, 6.07) is 8.52. The molecule has 0 saturated heterocycles. The molecule has 0 amide bonds. The molecule has 0 radical (unpaired) electrons. The Bertz CT molecular complexity index is 585. The maximum Gasteiger partial charge on any atom is 0.110 e. The standard InChI is InChI=1S/C16H20Cl2N2S/c1-4-15(16-19-12(9-17)10-21-16)20(3)11(2)13-7-5-6-8-14(13)18/h5-8,10-11,15H,4,9H2,1-3H3. The monoisotopic (exact) mass is 342 g/mol. The molecule has 1 heterocycles. The molecule has 2 aromatic rings. The summed E-state index contributed by atoms with van der Waals surface area (Å²) in [6.45, 7) is 4.36. The summed E-state index contributed by atoms with van der Waals surface area (Å²) in [5, 5.41) is 3.97. The van der Waals surface area contributed by atoms with Crippen LogP contribution in [0.15, 0.2) is 29.6 Å². The fraction of sp³-hybridized carbons (Fsp3) is 0.438. The minimum Gasteiger partial charge on any atom is -0.290 e. The van der Waals surface area contributed by atoms with Crippen molar-refractivity contribution >= 4 is 34.5 Å². The zero-order valence-electron chi connectivity index (χ0n) is 12.5. The summed E-state index contributed by atoms with van der Waals surface area (Å²) >= 11 is 13.9. The van der Waals surface area contributed by atoms with Crippen molar-refractivity contribution in [2.45, 2.75) is 38.2 Å². The smallest absolute Gasteiger partial charge is 0.110 e. The van der Waals surface area contributed by atoms with Gasteiger partial charge >= 0.3 is 0 Å². The van der Waals surface area contributed by atoms with E-state index < -0.39 is 0 Å². The molecular weight excluding hydrogens is 323 g/mol. The summed E-state index contributed by atoms with van der Waals surface area (Å²) < 4.78 is 0. The van der Waals surface area contributed by atoms with Gasteiger partial charge in [-0.25, -0.2) is 4.98 Å². The average molecular weight is 343 g/mol. The van der Waals surface area contributed by atoms with Gasteiger partial charge in [0, 0.05) is 16.4 Å². The molecule has 1 aromatic carbocycles. The van der Waals surface area contributed by atoms with Crippen molar-refractivity contribution < 1.29 is 0 Å². The highest BCUT2D eigenvalue weighted by Crippen LogP contribution is 2.35. The van der Waals surface area contributed by atoms with Crippen LogP contribution in [-0.2, 0) is 5.88 Å². The van der Waals surface area contributed by atoms with Crippen LogP contribution in [0.4, 0.5) is 0 Å². The molecule has 0 spiro atoms. The number of alkyl halides is 1. The van der Waals surface area contributed by atoms with Gasteiger partial charge < -0.3 is 0 Å². The van der Waals surface area contributed by atoms with Crippen LogP contribution in [-0.4, -0.2) is 16.9 Å². The molecule has 0 aliphatic carbocycles. The molecule has 114 valence electrons. The first-order valence-corrected chi connectivity index (χ1v) is 8.84. The molecule has 21 heavy (non-hydrogen) atoms. The van der Waals surface area contributed by atoms with Crippen molar-refractivity contribution in [2.75, 3.05) is 7.05 Å². The Hall–Kier alpha value is -0.610. The first-order chi connectivity index (χ1) is 10.1. The van der Waals surface area contributed by atoms with E-state index in [-0.39, 0.29) is 12.1 Å². The summed E-state index contributed by atoms with van der Waals surface area (Å²) in [5.41, 5.74) is 2.10. The van der Waals surface area contributed by atoms with Crippen molar-refractivity contribution in [3.8, 4) is 0 Å². The lowest BCUT2D eigenvalue weighted by Gasteiger charge is -2.32. The number of halogens is 2. The first kappa shape index (κ1) is 16.8. The number of benzene rings is 1. The summed E-state index contributed by atoms with van der Waals surface area (Å²) in [6.07, 6.45) is 1.00. The zero-order chi connectivity index (χ0) is 15.4. The van der Waals surface area contributed by atoms with Gasteiger partial charge in [-0.1, -0.05) is 36.7 Å². The predicted molar refractivity (Wildman–Crippen MR) is 92.3 cm³/mol. The Kier molecular flexibility index (Phi) is 6.06. The minimum absolute atomic E-state index is 0.229. The lowest BCUT2D eigenvalue weighted by atomic mass is 10.0. The highest BCUT2D eigenvalue weighted by Gasteiger charge is 2.24. The molecule has 1 aromatic heterocycles. The van der Waals surface area contributed by atoms with Crippen LogP contribution in [0.2, 0.25) is 5.02 Å². The molecule has 5 heteroatoms. The van der Waals surface area contributed by atoms with Gasteiger partial charge in [-0.15, -0.1) is 22.9 Å². The van der Waals surface area contributed by atoms with E-state index in [2.05, 4.69) is 36.8 Å². The van der Waals surface area contributed by atoms with Crippen molar-refractivity contribution in [1.82, 2.24) is 9.88 Å². The van der Waals surface area contributed by atoms with Crippen molar-refractivity contribution in [1.29, 1.82) is 0 Å². The van der Waals surface area contributed by atoms with E-state index in [0.29, 0.717) is 5.88 Å². The molecule has 0 aliphatic heterocycles. The molecule has 2 unspecified atom stereocenters. The third-order valence-corrected chi connectivity index (χ3v) is 5.45. The highest BCUT2D eigenvalue weighted by atomic mass is 35.5. The summed E-state index contributed by atoms with van der Waals surface area (Å²) in [4.78, 5) is 6.96. The molecular formula is C16H20Cl2N2S. The molecule has 0 aliphatic rings. The summed E-state index contributed by atoms with van der Waals surface area (Å²) in [7, 11) is 2.13. The van der Waals surface area contributed by atoms with E-state index in [9.17, 15) is 0 Å². The largest absolute Gasteiger partial charge is 0.290 e. The van der Waals surface area contributed by atoms with Gasteiger partial charge in [0.15, 0.2) is 0 Å². The molecule has 2 nitrogen and oxygen atoms in total. The van der Waals surface area contributed by atoms with E-state index in [0.717, 1.165) is 27.7 Å². The predicted octanol–water partition coefficient (Wildman–Crippen LogP) is 5.68. The second-order valence-corrected chi connectivity index (χ2v) is 6.66. The average Bonchev–Trinajstić information content (AvgIpc) is 2.96. The van der Waals surface area contributed by atoms with Gasteiger partial charge in [0.2, 0.25) is 0 Å². The first-order valence-electron chi connectivity index (χ1n) is 7.05. The Morgan fingerprint density at radius 2 is 2.05 bits per heavy atom. The fourth-order valence-electron chi connectivity index (χ4n) is 2.48. The minimum atomic E-state index is 0.229. The molecule has 2 rings (SSSR count). The number of thiazole rings is 1. The van der Waals surface area contributed by atoms with E-state index in [1.165, 1.54) is 0 Å².